The van der Waals surface area contributed by atoms with Crippen LogP contribution >= 0.6 is 0 Å². The molecule has 0 aromatic carbocycles. The van der Waals surface area contributed by atoms with Gasteiger partial charge in [0.2, 0.25) is 0 Å². The monoisotopic (exact) mass is 432 g/mol. The molecule has 2 fully saturated rings. The number of ketones is 2. The van der Waals surface area contributed by atoms with Crippen LogP contribution in [0.2, 0.25) is 0 Å². The molecule has 3 aliphatic rings. The molecule has 3 unspecified atom stereocenters. The van der Waals surface area contributed by atoms with Crippen LogP contribution < -0.4 is 0 Å². The minimum absolute atomic E-state index is 0.100. The van der Waals surface area contributed by atoms with E-state index in [9.17, 15) is 24.9 Å². The predicted octanol–water partition coefficient (Wildman–Crippen LogP) is 4.52. The molecule has 0 radical (unpaired) electrons. The van der Waals surface area contributed by atoms with Crippen LogP contribution in [-0.4, -0.2) is 38.6 Å². The van der Waals surface area contributed by atoms with E-state index in [2.05, 4.69) is 13.8 Å². The lowest BCUT2D eigenvalue weighted by atomic mass is 9.61. The zero-order valence-electron chi connectivity index (χ0n) is 20.4. The van der Waals surface area contributed by atoms with Crippen molar-refractivity contribution in [1.82, 2.24) is 0 Å². The maximum atomic E-state index is 14.0. The van der Waals surface area contributed by atoms with Crippen molar-refractivity contribution in [3.05, 3.63) is 23.0 Å². The number of fused-ring (bicyclic) bond motifs is 1. The Hall–Kier alpha value is -1.46. The van der Waals surface area contributed by atoms with Crippen LogP contribution in [0.4, 0.5) is 0 Å². The second kappa shape index (κ2) is 7.28. The highest BCUT2D eigenvalue weighted by atomic mass is 16.3. The molecule has 0 saturated heterocycles. The maximum Gasteiger partial charge on any atom is 0.178 e. The van der Waals surface area contributed by atoms with Crippen LogP contribution in [0.5, 0.6) is 0 Å². The first-order valence-electron chi connectivity index (χ1n) is 11.7. The molecule has 31 heavy (non-hydrogen) atoms. The van der Waals surface area contributed by atoms with Crippen LogP contribution in [-0.2, 0) is 9.59 Å². The fourth-order valence-electron chi connectivity index (χ4n) is 7.05. The summed E-state index contributed by atoms with van der Waals surface area (Å²) in [6.07, 6.45) is 2.58. The molecule has 5 heteroatoms. The molecule has 0 aliphatic heterocycles. The zero-order chi connectivity index (χ0) is 23.7. The van der Waals surface area contributed by atoms with Gasteiger partial charge in [0.05, 0.1) is 28.1 Å². The van der Waals surface area contributed by atoms with Gasteiger partial charge in [-0.05, 0) is 70.6 Å². The van der Waals surface area contributed by atoms with E-state index < -0.39 is 33.7 Å². The minimum atomic E-state index is -1.16. The number of rotatable bonds is 6. The molecule has 3 aliphatic carbocycles. The SMILES string of the molecule is CCC(C)C(=O)C1=C(O)C2(CC=C(C)C)C[C@@H]3C(C)(C)[C@@H](C(C)(C)O)C[C@]3(C1=O)C2O. The predicted molar refractivity (Wildman–Crippen MR) is 120 cm³/mol. The van der Waals surface area contributed by atoms with E-state index in [4.69, 9.17) is 0 Å². The third-order valence-electron chi connectivity index (χ3n) is 8.93. The van der Waals surface area contributed by atoms with Gasteiger partial charge in [-0.1, -0.05) is 39.3 Å². The van der Waals surface area contributed by atoms with Crippen molar-refractivity contribution in [3.63, 3.8) is 0 Å². The molecule has 2 saturated carbocycles. The second-order valence-corrected chi connectivity index (χ2v) is 11.8. The first kappa shape index (κ1) is 24.2. The van der Waals surface area contributed by atoms with Crippen molar-refractivity contribution in [2.24, 2.45) is 34.0 Å². The van der Waals surface area contributed by atoms with Gasteiger partial charge in [-0.15, -0.1) is 0 Å². The Bertz CT molecular complexity index is 854. The van der Waals surface area contributed by atoms with E-state index in [0.29, 0.717) is 25.7 Å². The summed E-state index contributed by atoms with van der Waals surface area (Å²) in [5.74, 6) is -1.81. The van der Waals surface area contributed by atoms with E-state index in [1.165, 1.54) is 0 Å². The molecule has 0 aromatic rings. The van der Waals surface area contributed by atoms with Crippen molar-refractivity contribution < 1.29 is 24.9 Å². The summed E-state index contributed by atoms with van der Waals surface area (Å²) >= 11 is 0. The standard InChI is InChI=1S/C26H40O5/c1-9-15(4)19(27)18-20(28)25(11-10-14(2)3)12-17-23(5,6)16(24(7,8)31)13-26(17,21(18)29)22(25)30/h10,15-17,22,28,30-31H,9,11-13H2,1-8H3/t15?,16-,17+,22?,25?,26-/m0/s1. The number of Topliss-reactive ketones (excluding diaryl/α,β-unsaturated/α-hetero) is 2. The first-order valence-corrected chi connectivity index (χ1v) is 11.7. The summed E-state index contributed by atoms with van der Waals surface area (Å²) in [5.41, 5.74) is -2.73. The smallest absolute Gasteiger partial charge is 0.178 e. The van der Waals surface area contributed by atoms with Gasteiger partial charge in [0.25, 0.3) is 0 Å². The number of carbonyl (C=O) groups excluding carboxylic acids is 2. The molecule has 0 amide bonds. The van der Waals surface area contributed by atoms with Gasteiger partial charge in [0, 0.05) is 5.92 Å². The zero-order valence-corrected chi connectivity index (χ0v) is 20.4. The highest BCUT2D eigenvalue weighted by Crippen LogP contribution is 2.74. The third-order valence-corrected chi connectivity index (χ3v) is 8.93. The van der Waals surface area contributed by atoms with Crippen molar-refractivity contribution in [3.8, 4) is 0 Å². The van der Waals surface area contributed by atoms with Gasteiger partial charge >= 0.3 is 0 Å². The molecule has 6 atom stereocenters. The average Bonchev–Trinajstić information content (AvgIpc) is 3.03. The quantitative estimate of drug-likeness (QED) is 0.424. The Morgan fingerprint density at radius 3 is 2.32 bits per heavy atom. The summed E-state index contributed by atoms with van der Waals surface area (Å²) < 4.78 is 0. The van der Waals surface area contributed by atoms with Gasteiger partial charge in [0.15, 0.2) is 11.6 Å². The van der Waals surface area contributed by atoms with Gasteiger partial charge in [-0.3, -0.25) is 9.59 Å². The average molecular weight is 433 g/mol. The minimum Gasteiger partial charge on any atom is -0.511 e. The molecular weight excluding hydrogens is 392 g/mol. The molecular formula is C26H40O5. The Kier molecular flexibility index (Phi) is 5.68. The molecule has 3 N–H and O–H groups in total. The summed E-state index contributed by atoms with van der Waals surface area (Å²) in [4.78, 5) is 27.3. The summed E-state index contributed by atoms with van der Waals surface area (Å²) in [5, 5.41) is 34.1. The van der Waals surface area contributed by atoms with Crippen LogP contribution in [0.3, 0.4) is 0 Å². The van der Waals surface area contributed by atoms with Crippen molar-refractivity contribution in [2.75, 3.05) is 0 Å². The van der Waals surface area contributed by atoms with Crippen LogP contribution in [0.1, 0.15) is 81.1 Å². The normalized spacial score (nSPS) is 37.6. The Balaban J connectivity index is 2.28. The van der Waals surface area contributed by atoms with Crippen molar-refractivity contribution in [2.45, 2.75) is 92.8 Å². The lowest BCUT2D eigenvalue weighted by Crippen LogP contribution is -2.53. The van der Waals surface area contributed by atoms with Crippen LogP contribution in [0, 0.1) is 34.0 Å². The van der Waals surface area contributed by atoms with E-state index in [1.54, 1.807) is 20.8 Å². The Morgan fingerprint density at radius 2 is 1.84 bits per heavy atom. The number of aliphatic hydroxyl groups is 3. The van der Waals surface area contributed by atoms with E-state index >= 15 is 0 Å². The largest absolute Gasteiger partial charge is 0.511 e. The summed E-state index contributed by atoms with van der Waals surface area (Å²) in [6.45, 7) is 15.2. The van der Waals surface area contributed by atoms with Gasteiger partial charge in [-0.25, -0.2) is 0 Å². The van der Waals surface area contributed by atoms with E-state index in [-0.39, 0.29) is 34.9 Å². The first-order chi connectivity index (χ1) is 14.1. The summed E-state index contributed by atoms with van der Waals surface area (Å²) in [7, 11) is 0. The van der Waals surface area contributed by atoms with E-state index in [0.717, 1.165) is 5.57 Å². The highest BCUT2D eigenvalue weighted by Gasteiger charge is 2.78. The third kappa shape index (κ3) is 3.10. The second-order valence-electron chi connectivity index (χ2n) is 11.8. The van der Waals surface area contributed by atoms with Crippen LogP contribution in [0.15, 0.2) is 23.0 Å². The molecule has 2 bridgehead atoms. The van der Waals surface area contributed by atoms with Crippen LogP contribution in [0.25, 0.3) is 0 Å². The lowest BCUT2D eigenvalue weighted by molar-refractivity contribution is -0.141. The fourth-order valence-corrected chi connectivity index (χ4v) is 7.05. The van der Waals surface area contributed by atoms with Gasteiger partial charge < -0.3 is 15.3 Å². The van der Waals surface area contributed by atoms with Crippen molar-refractivity contribution in [1.29, 1.82) is 0 Å². The number of hydrogen-bond acceptors (Lipinski definition) is 5. The topological polar surface area (TPSA) is 94.8 Å². The molecule has 0 heterocycles. The summed E-state index contributed by atoms with van der Waals surface area (Å²) in [6, 6.07) is 0. The Morgan fingerprint density at radius 1 is 1.26 bits per heavy atom. The number of allylic oxidation sites excluding steroid dienone is 3. The van der Waals surface area contributed by atoms with Crippen molar-refractivity contribution >= 4 is 11.6 Å². The van der Waals surface area contributed by atoms with Gasteiger partial charge in [-0.2, -0.15) is 0 Å². The van der Waals surface area contributed by atoms with E-state index in [1.807, 2.05) is 26.8 Å². The number of hydrogen-bond donors (Lipinski definition) is 3. The molecule has 0 aromatic heterocycles. The molecule has 3 rings (SSSR count). The highest BCUT2D eigenvalue weighted by molar-refractivity contribution is 6.24. The fraction of sp³-hybridized carbons (Fsp3) is 0.769. The Labute approximate surface area is 186 Å². The molecule has 5 nitrogen and oxygen atoms in total. The number of aliphatic hydroxyl groups excluding tert-OH is 2. The lowest BCUT2D eigenvalue weighted by Gasteiger charge is -2.44. The maximum absolute atomic E-state index is 14.0. The number of carbonyl (C=O) groups is 2. The molecule has 174 valence electrons. The van der Waals surface area contributed by atoms with Gasteiger partial charge in [0.1, 0.15) is 5.76 Å². The molecule has 1 spiro atoms.